The number of nitrogens with zero attached hydrogens (tertiary/aromatic N) is 1. The molecule has 0 aromatic heterocycles. The third-order valence-corrected chi connectivity index (χ3v) is 18.5. The molecule has 1 nitrogen and oxygen atoms in total. The molecule has 0 bridgehead atoms. The molecular weight excluding hydrogens is 222 g/mol. The second kappa shape index (κ2) is 7.96. The van der Waals surface area contributed by atoms with Gasteiger partial charge in [0, 0.05) is 6.54 Å². The van der Waals surface area contributed by atoms with Crippen molar-refractivity contribution in [1.29, 1.82) is 0 Å². The van der Waals surface area contributed by atoms with Gasteiger partial charge in [0.1, 0.15) is 9.20 Å². The van der Waals surface area contributed by atoms with Crippen LogP contribution in [0, 0.1) is 0 Å². The van der Waals surface area contributed by atoms with E-state index >= 15 is 0 Å². The Labute approximate surface area is 98.9 Å². The van der Waals surface area contributed by atoms with Gasteiger partial charge in [-0.3, -0.25) is 3.97 Å². The molecule has 0 aliphatic rings. The van der Waals surface area contributed by atoms with Gasteiger partial charge < -0.3 is 0 Å². The van der Waals surface area contributed by atoms with Gasteiger partial charge in [0.2, 0.25) is 0 Å². The predicted octanol–water partition coefficient (Wildman–Crippen LogP) is 3.02. The number of hydrogen-bond acceptors (Lipinski definition) is 2. The Bertz CT molecular complexity index is 132. The van der Waals surface area contributed by atoms with Gasteiger partial charge >= 0.3 is 0 Å². The van der Waals surface area contributed by atoms with Crippen molar-refractivity contribution in [2.75, 3.05) is 6.54 Å². The molecule has 0 aliphatic carbocycles. The molecule has 0 saturated heterocycles. The zero-order valence-corrected chi connectivity index (χ0v) is 13.7. The van der Waals surface area contributed by atoms with Crippen molar-refractivity contribution in [3.8, 4) is 0 Å². The summed E-state index contributed by atoms with van der Waals surface area (Å²) < 4.78 is 2.41. The van der Waals surface area contributed by atoms with Crippen LogP contribution in [0.25, 0.3) is 0 Å². The van der Waals surface area contributed by atoms with Crippen LogP contribution in [0.1, 0.15) is 40.5 Å². The molecule has 0 spiro atoms. The average molecular weight is 250 g/mol. The first-order valence-corrected chi connectivity index (χ1v) is 12.1. The molecular formula is C10H27NSSi2. The molecule has 0 N–H and O–H groups in total. The fourth-order valence-electron chi connectivity index (χ4n) is 1.89. The summed E-state index contributed by atoms with van der Waals surface area (Å²) in [5, 5.41) is 0. The van der Waals surface area contributed by atoms with Gasteiger partial charge in [-0.05, 0) is 6.42 Å². The van der Waals surface area contributed by atoms with E-state index in [1.54, 1.807) is 0 Å². The minimum atomic E-state index is -0.842. The molecule has 0 aromatic carbocycles. The molecule has 0 saturated carbocycles. The number of unbranched alkanes of at least 4 members (excludes halogenated alkanes) is 1. The third-order valence-electron chi connectivity index (χ3n) is 3.54. The number of rotatable bonds is 8. The molecule has 0 heterocycles. The molecule has 0 amide bonds. The van der Waals surface area contributed by atoms with Crippen molar-refractivity contribution in [3.63, 3.8) is 0 Å². The van der Waals surface area contributed by atoms with Crippen LogP contribution in [-0.4, -0.2) is 27.3 Å². The first-order chi connectivity index (χ1) is 6.64. The quantitative estimate of drug-likeness (QED) is 0.511. The molecule has 0 fully saturated rings. The first kappa shape index (κ1) is 14.7. The van der Waals surface area contributed by atoms with Gasteiger partial charge in [-0.2, -0.15) is 0 Å². The van der Waals surface area contributed by atoms with Gasteiger partial charge in [-0.1, -0.05) is 52.2 Å². The van der Waals surface area contributed by atoms with Crippen molar-refractivity contribution >= 4 is 29.6 Å². The lowest BCUT2D eigenvalue weighted by atomic mass is 10.3. The smallest absolute Gasteiger partial charge is 0.101 e. The average Bonchev–Trinajstić information content (AvgIpc) is 2.23. The van der Waals surface area contributed by atoms with E-state index in [4.69, 9.17) is 0 Å². The lowest BCUT2D eigenvalue weighted by molar-refractivity contribution is 0.648. The third kappa shape index (κ3) is 5.00. The second-order valence-electron chi connectivity index (χ2n) is 4.30. The zero-order valence-electron chi connectivity index (χ0n) is 10.3. The topological polar surface area (TPSA) is 3.24 Å². The molecule has 86 valence electrons. The SMILES string of the molecule is CCCCN(S)[SiH2][Si](CC)(CC)CC. The standard InChI is InChI=1S/C10H27NSSi2/c1-5-9-10-11(12)13-14(6-2,7-3)8-4/h12H,5-10,13H2,1-4H3. The summed E-state index contributed by atoms with van der Waals surface area (Å²) in [7, 11) is -0.883. The largest absolute Gasteiger partial charge is 0.284 e. The van der Waals surface area contributed by atoms with E-state index in [2.05, 4.69) is 44.5 Å². The molecule has 0 aromatic rings. The highest BCUT2D eigenvalue weighted by molar-refractivity contribution is 7.79. The highest BCUT2D eigenvalue weighted by Gasteiger charge is 2.28. The maximum Gasteiger partial charge on any atom is 0.101 e. The van der Waals surface area contributed by atoms with Crippen LogP contribution in [0.4, 0.5) is 0 Å². The molecule has 4 heteroatoms. The molecule has 0 aliphatic heterocycles. The van der Waals surface area contributed by atoms with Crippen LogP contribution >= 0.6 is 12.8 Å². The van der Waals surface area contributed by atoms with Crippen LogP contribution in [0.15, 0.2) is 0 Å². The molecule has 14 heavy (non-hydrogen) atoms. The van der Waals surface area contributed by atoms with Crippen LogP contribution < -0.4 is 0 Å². The first-order valence-electron chi connectivity index (χ1n) is 6.08. The Morgan fingerprint density at radius 1 is 1.07 bits per heavy atom. The lowest BCUT2D eigenvalue weighted by Gasteiger charge is -2.31. The highest BCUT2D eigenvalue weighted by atomic mass is 32.1. The van der Waals surface area contributed by atoms with E-state index in [0.717, 1.165) is 0 Å². The Morgan fingerprint density at radius 3 is 1.93 bits per heavy atom. The van der Waals surface area contributed by atoms with Crippen molar-refractivity contribution < 1.29 is 0 Å². The summed E-state index contributed by atoms with van der Waals surface area (Å²) in [6, 6.07) is 4.40. The van der Waals surface area contributed by atoms with Crippen LogP contribution in [-0.2, 0) is 0 Å². The maximum atomic E-state index is 4.65. The van der Waals surface area contributed by atoms with Gasteiger partial charge in [-0.15, -0.1) is 12.8 Å². The maximum absolute atomic E-state index is 4.65. The van der Waals surface area contributed by atoms with Gasteiger partial charge in [0.05, 0.1) is 7.59 Å². The van der Waals surface area contributed by atoms with Gasteiger partial charge in [0.25, 0.3) is 0 Å². The molecule has 0 radical (unpaired) electrons. The Hall–Kier alpha value is 0.744. The lowest BCUT2D eigenvalue weighted by Crippen LogP contribution is -2.46. The predicted molar refractivity (Wildman–Crippen MR) is 76.3 cm³/mol. The second-order valence-corrected chi connectivity index (χ2v) is 17.1. The zero-order chi connectivity index (χ0) is 11.0. The fraction of sp³-hybridized carbons (Fsp3) is 1.00. The van der Waals surface area contributed by atoms with E-state index in [0.29, 0.717) is 0 Å². The Balaban J connectivity index is 4.01. The van der Waals surface area contributed by atoms with Crippen molar-refractivity contribution in [2.45, 2.75) is 58.7 Å². The molecule has 0 unspecified atom stereocenters. The van der Waals surface area contributed by atoms with Crippen molar-refractivity contribution in [2.24, 2.45) is 0 Å². The summed E-state index contributed by atoms with van der Waals surface area (Å²) in [6.45, 7) is 10.7. The van der Waals surface area contributed by atoms with Gasteiger partial charge in [0.15, 0.2) is 0 Å². The number of hydrogen-bond donors (Lipinski definition) is 1. The van der Waals surface area contributed by atoms with E-state index in [9.17, 15) is 0 Å². The van der Waals surface area contributed by atoms with Crippen molar-refractivity contribution in [1.82, 2.24) is 3.97 Å². The highest BCUT2D eigenvalue weighted by Crippen LogP contribution is 2.20. The van der Waals surface area contributed by atoms with Gasteiger partial charge in [-0.25, -0.2) is 0 Å². The summed E-state index contributed by atoms with van der Waals surface area (Å²) in [4.78, 5) is 0. The Morgan fingerprint density at radius 2 is 1.57 bits per heavy atom. The summed E-state index contributed by atoms with van der Waals surface area (Å²) >= 11 is 4.65. The van der Waals surface area contributed by atoms with E-state index < -0.39 is 7.59 Å². The van der Waals surface area contributed by atoms with Crippen molar-refractivity contribution in [3.05, 3.63) is 0 Å². The summed E-state index contributed by atoms with van der Waals surface area (Å²) in [6.07, 6.45) is 2.61. The normalized spacial score (nSPS) is 13.3. The monoisotopic (exact) mass is 249 g/mol. The van der Waals surface area contributed by atoms with Crippen LogP contribution in [0.2, 0.25) is 18.1 Å². The van der Waals surface area contributed by atoms with E-state index in [1.807, 2.05) is 0 Å². The van der Waals surface area contributed by atoms with E-state index in [-0.39, 0.29) is 9.20 Å². The van der Waals surface area contributed by atoms with Crippen LogP contribution in [0.3, 0.4) is 0 Å². The number of thiol groups is 1. The minimum Gasteiger partial charge on any atom is -0.284 e. The summed E-state index contributed by atoms with van der Waals surface area (Å²) in [5.41, 5.74) is 0. The van der Waals surface area contributed by atoms with Crippen LogP contribution in [0.5, 0.6) is 0 Å². The minimum absolute atomic E-state index is 0.0411. The fourth-order valence-corrected chi connectivity index (χ4v) is 12.9. The molecule has 0 atom stereocenters. The van der Waals surface area contributed by atoms with E-state index in [1.165, 1.54) is 37.5 Å². The molecule has 0 rings (SSSR count). The summed E-state index contributed by atoms with van der Waals surface area (Å²) in [5.74, 6) is 0. The Kier molecular flexibility index (Phi) is 8.38.